The molecule has 1 aromatic heterocycles. The lowest BCUT2D eigenvalue weighted by atomic mass is 10.1. The molecule has 0 aliphatic heterocycles. The smallest absolute Gasteiger partial charge is 0.358 e. The van der Waals surface area contributed by atoms with Gasteiger partial charge in [0.05, 0.1) is 6.54 Å². The lowest BCUT2D eigenvalue weighted by Gasteiger charge is -2.01. The molecule has 0 bridgehead atoms. The summed E-state index contributed by atoms with van der Waals surface area (Å²) in [6, 6.07) is 7.33. The van der Waals surface area contributed by atoms with Gasteiger partial charge in [0, 0.05) is 16.9 Å². The van der Waals surface area contributed by atoms with E-state index in [2.05, 4.69) is 16.9 Å². The zero-order valence-electron chi connectivity index (χ0n) is 13.2. The van der Waals surface area contributed by atoms with Crippen molar-refractivity contribution in [3.8, 4) is 11.3 Å². The second-order valence-electron chi connectivity index (χ2n) is 4.92. The summed E-state index contributed by atoms with van der Waals surface area (Å²) in [5.74, 6) is -1.00. The van der Waals surface area contributed by atoms with Crippen LogP contribution in [0.4, 0.5) is 0 Å². The van der Waals surface area contributed by atoms with Crippen LogP contribution in [-0.2, 0) is 11.3 Å². The van der Waals surface area contributed by atoms with Crippen LogP contribution >= 0.6 is 11.8 Å². The fourth-order valence-corrected chi connectivity index (χ4v) is 2.43. The second-order valence-corrected chi connectivity index (χ2v) is 5.80. The number of benzene rings is 1. The first-order valence-corrected chi connectivity index (χ1v) is 8.52. The maximum Gasteiger partial charge on any atom is 0.358 e. The Hall–Kier alpha value is -2.54. The molecule has 1 heterocycles. The summed E-state index contributed by atoms with van der Waals surface area (Å²) in [5.41, 5.74) is 0.462. The van der Waals surface area contributed by atoms with Gasteiger partial charge in [0.15, 0.2) is 11.5 Å². The van der Waals surface area contributed by atoms with Crippen molar-refractivity contribution in [2.24, 2.45) is 0 Å². The number of oxazole rings is 1. The molecule has 6 nitrogen and oxygen atoms in total. The zero-order chi connectivity index (χ0) is 17.5. The molecule has 2 N–H and O–H groups in total. The second kappa shape index (κ2) is 8.35. The van der Waals surface area contributed by atoms with Crippen LogP contribution in [0.3, 0.4) is 0 Å². The van der Waals surface area contributed by atoms with E-state index in [4.69, 9.17) is 4.42 Å². The third-order valence-corrected chi connectivity index (χ3v) is 3.98. The number of nitrogens with zero attached hydrogens (tertiary/aromatic N) is 1. The highest BCUT2D eigenvalue weighted by Gasteiger charge is 2.21. The van der Waals surface area contributed by atoms with Crippen molar-refractivity contribution in [2.75, 3.05) is 6.26 Å². The largest absolute Gasteiger partial charge is 0.476 e. The number of thioether (sulfide) groups is 1. The molecule has 1 aromatic carbocycles. The van der Waals surface area contributed by atoms with Gasteiger partial charge in [-0.3, -0.25) is 4.79 Å². The van der Waals surface area contributed by atoms with Crippen LogP contribution in [0.2, 0.25) is 0 Å². The maximum absolute atomic E-state index is 11.6. The lowest BCUT2D eigenvalue weighted by molar-refractivity contribution is -0.121. The number of nitrogens with one attached hydrogen (secondary N) is 1. The molecule has 1 amide bonds. The van der Waals surface area contributed by atoms with Crippen LogP contribution in [-0.4, -0.2) is 28.2 Å². The molecular formula is C17H18N2O4S. The van der Waals surface area contributed by atoms with Gasteiger partial charge in [-0.05, 0) is 24.8 Å². The first-order valence-electron chi connectivity index (χ1n) is 7.30. The summed E-state index contributed by atoms with van der Waals surface area (Å²) in [6.45, 7) is 3.59. The van der Waals surface area contributed by atoms with Gasteiger partial charge in [0.1, 0.15) is 0 Å². The molecule has 7 heteroatoms. The van der Waals surface area contributed by atoms with E-state index in [0.29, 0.717) is 18.4 Å². The van der Waals surface area contributed by atoms with Crippen LogP contribution in [0.25, 0.3) is 11.3 Å². The van der Waals surface area contributed by atoms with Crippen molar-refractivity contribution in [3.63, 3.8) is 0 Å². The number of hydrogen-bond donors (Lipinski definition) is 2. The molecule has 0 unspecified atom stereocenters. The van der Waals surface area contributed by atoms with Crippen LogP contribution in [0.1, 0.15) is 29.2 Å². The predicted octanol–water partition coefficient (Wildman–Crippen LogP) is 3.34. The van der Waals surface area contributed by atoms with E-state index in [1.807, 2.05) is 18.4 Å². The monoisotopic (exact) mass is 346 g/mol. The highest BCUT2D eigenvalue weighted by atomic mass is 32.2. The molecule has 0 fully saturated rings. The zero-order valence-corrected chi connectivity index (χ0v) is 14.1. The average molecular weight is 346 g/mol. The molecule has 126 valence electrons. The average Bonchev–Trinajstić information content (AvgIpc) is 3.03. The number of carbonyl (C=O) groups is 2. The Morgan fingerprint density at radius 2 is 2.08 bits per heavy atom. The lowest BCUT2D eigenvalue weighted by Crippen LogP contribution is -2.22. The van der Waals surface area contributed by atoms with Gasteiger partial charge >= 0.3 is 5.97 Å². The molecule has 24 heavy (non-hydrogen) atoms. The van der Waals surface area contributed by atoms with E-state index >= 15 is 0 Å². The van der Waals surface area contributed by atoms with E-state index in [-0.39, 0.29) is 29.8 Å². The summed E-state index contributed by atoms with van der Waals surface area (Å²) in [7, 11) is 0. The van der Waals surface area contributed by atoms with Crippen molar-refractivity contribution in [2.45, 2.75) is 24.3 Å². The third-order valence-electron chi connectivity index (χ3n) is 3.24. The van der Waals surface area contributed by atoms with E-state index < -0.39 is 5.97 Å². The van der Waals surface area contributed by atoms with Crippen LogP contribution < -0.4 is 5.32 Å². The van der Waals surface area contributed by atoms with Crippen LogP contribution in [0, 0.1) is 0 Å². The topological polar surface area (TPSA) is 92.4 Å². The number of aromatic nitrogens is 1. The first-order chi connectivity index (χ1) is 11.5. The number of carbonyl (C=O) groups excluding carboxylic acids is 1. The van der Waals surface area contributed by atoms with Crippen molar-refractivity contribution in [1.29, 1.82) is 0 Å². The van der Waals surface area contributed by atoms with Crippen molar-refractivity contribution >= 4 is 23.6 Å². The van der Waals surface area contributed by atoms with Crippen molar-refractivity contribution < 1.29 is 19.1 Å². The Kier molecular flexibility index (Phi) is 6.20. The van der Waals surface area contributed by atoms with Gasteiger partial charge < -0.3 is 14.8 Å². The standard InChI is InChI=1S/C17H18N2O4S/c1-3-4-5-13(20)18-10-14-19-15(17(21)22)16(23-14)11-6-8-12(24-2)9-7-11/h3,6-9H,1,4-5,10H2,2H3,(H,18,20)(H,21,22). The Balaban J connectivity index is 2.18. The van der Waals surface area contributed by atoms with Crippen molar-refractivity contribution in [3.05, 3.63) is 48.5 Å². The van der Waals surface area contributed by atoms with Crippen LogP contribution in [0.15, 0.2) is 46.2 Å². The Morgan fingerprint density at radius 3 is 2.67 bits per heavy atom. The molecule has 0 aliphatic carbocycles. The first kappa shape index (κ1) is 17.8. The number of carboxylic acids is 1. The molecule has 0 saturated heterocycles. The van der Waals surface area contributed by atoms with E-state index in [1.54, 1.807) is 30.0 Å². The van der Waals surface area contributed by atoms with Gasteiger partial charge in [-0.15, -0.1) is 18.3 Å². The summed E-state index contributed by atoms with van der Waals surface area (Å²) in [4.78, 5) is 28.0. The predicted molar refractivity (Wildman–Crippen MR) is 92.0 cm³/mol. The minimum atomic E-state index is -1.17. The molecule has 0 spiro atoms. The molecule has 0 atom stereocenters. The number of hydrogen-bond acceptors (Lipinski definition) is 5. The summed E-state index contributed by atoms with van der Waals surface area (Å²) < 4.78 is 5.56. The fraction of sp³-hybridized carbons (Fsp3) is 0.235. The highest BCUT2D eigenvalue weighted by molar-refractivity contribution is 7.98. The van der Waals surface area contributed by atoms with E-state index in [0.717, 1.165) is 4.90 Å². The van der Waals surface area contributed by atoms with Gasteiger partial charge in [0.25, 0.3) is 0 Å². The number of amides is 1. The van der Waals surface area contributed by atoms with Crippen LogP contribution in [0.5, 0.6) is 0 Å². The van der Waals surface area contributed by atoms with Gasteiger partial charge in [-0.1, -0.05) is 18.2 Å². The number of carboxylic acid groups (broad SMARTS) is 1. The summed E-state index contributed by atoms with van der Waals surface area (Å²) >= 11 is 1.59. The van der Waals surface area contributed by atoms with E-state index in [9.17, 15) is 14.7 Å². The van der Waals surface area contributed by atoms with Gasteiger partial charge in [0.2, 0.25) is 11.8 Å². The van der Waals surface area contributed by atoms with Gasteiger partial charge in [-0.25, -0.2) is 9.78 Å². The quantitative estimate of drug-likeness (QED) is 0.562. The normalized spacial score (nSPS) is 10.4. The number of allylic oxidation sites excluding steroid dienone is 1. The minimum Gasteiger partial charge on any atom is -0.476 e. The van der Waals surface area contributed by atoms with Crippen molar-refractivity contribution in [1.82, 2.24) is 10.3 Å². The molecule has 0 aliphatic rings. The maximum atomic E-state index is 11.6. The Labute approximate surface area is 144 Å². The third kappa shape index (κ3) is 4.48. The molecule has 2 rings (SSSR count). The Morgan fingerprint density at radius 1 is 1.38 bits per heavy atom. The minimum absolute atomic E-state index is 0.0408. The molecular weight excluding hydrogens is 328 g/mol. The molecule has 2 aromatic rings. The SMILES string of the molecule is C=CCCC(=O)NCc1nc(C(=O)O)c(-c2ccc(SC)cc2)o1. The summed E-state index contributed by atoms with van der Waals surface area (Å²) in [5, 5.41) is 12.0. The fourth-order valence-electron chi connectivity index (χ4n) is 2.02. The number of rotatable bonds is 8. The summed E-state index contributed by atoms with van der Waals surface area (Å²) in [6.07, 6.45) is 4.51. The molecule has 0 radical (unpaired) electrons. The molecule has 0 saturated carbocycles. The Bertz CT molecular complexity index is 738. The highest BCUT2D eigenvalue weighted by Crippen LogP contribution is 2.27. The van der Waals surface area contributed by atoms with Gasteiger partial charge in [-0.2, -0.15) is 0 Å². The number of aromatic carboxylic acids is 1. The van der Waals surface area contributed by atoms with E-state index in [1.165, 1.54) is 0 Å².